The Morgan fingerprint density at radius 2 is 2.09 bits per heavy atom. The first-order valence-corrected chi connectivity index (χ1v) is 6.48. The van der Waals surface area contributed by atoms with Gasteiger partial charge in [0.25, 0.3) is 0 Å². The van der Waals surface area contributed by atoms with Crippen LogP contribution in [-0.2, 0) is 0 Å². The lowest BCUT2D eigenvalue weighted by atomic mass is 10.0. The van der Waals surface area contributed by atoms with Gasteiger partial charge in [0.05, 0.1) is 18.9 Å². The number of methoxy groups -OCH3 is 1. The molecule has 0 atom stereocenters. The molecule has 0 aliphatic rings. The summed E-state index contributed by atoms with van der Waals surface area (Å²) < 4.78 is 11.0. The van der Waals surface area contributed by atoms with E-state index in [-0.39, 0.29) is 5.56 Å². The van der Waals surface area contributed by atoms with Crippen LogP contribution < -0.4 is 4.74 Å². The number of nitrogens with zero attached hydrogens (tertiary/aromatic N) is 3. The van der Waals surface area contributed by atoms with Gasteiger partial charge in [-0.2, -0.15) is 0 Å². The van der Waals surface area contributed by atoms with Crippen LogP contribution in [0.1, 0.15) is 10.4 Å². The van der Waals surface area contributed by atoms with Crippen molar-refractivity contribution < 1.29 is 13.9 Å². The summed E-state index contributed by atoms with van der Waals surface area (Å²) in [6.45, 7) is 0. The van der Waals surface area contributed by atoms with Crippen molar-refractivity contribution in [2.24, 2.45) is 5.11 Å². The molecule has 6 nitrogen and oxygen atoms in total. The third-order valence-electron chi connectivity index (χ3n) is 3.34. The number of ether oxygens (including phenoxy) is 1. The number of carbonyl (C=O) groups is 1. The number of carbonyl (C=O) groups excluding carboxylic acids is 1. The summed E-state index contributed by atoms with van der Waals surface area (Å²) >= 11 is 0. The maximum atomic E-state index is 11.7. The van der Waals surface area contributed by atoms with E-state index in [4.69, 9.17) is 14.7 Å². The highest BCUT2D eigenvalue weighted by atomic mass is 16.5. The fourth-order valence-corrected chi connectivity index (χ4v) is 2.32. The Bertz CT molecular complexity index is 908. The van der Waals surface area contributed by atoms with Crippen LogP contribution in [0, 0.1) is 0 Å². The van der Waals surface area contributed by atoms with Crippen LogP contribution in [0.3, 0.4) is 0 Å². The fourth-order valence-electron chi connectivity index (χ4n) is 2.32. The van der Waals surface area contributed by atoms with E-state index >= 15 is 0 Å². The predicted octanol–water partition coefficient (Wildman–Crippen LogP) is 4.56. The molecule has 0 fully saturated rings. The maximum Gasteiger partial charge on any atom is 0.249 e. The van der Waals surface area contributed by atoms with Crippen molar-refractivity contribution in [2.75, 3.05) is 7.11 Å². The molecule has 1 heterocycles. The van der Waals surface area contributed by atoms with Gasteiger partial charge in [0.1, 0.15) is 11.5 Å². The number of fused-ring (bicyclic) bond motifs is 1. The molecular weight excluding hydrogens is 282 g/mol. The summed E-state index contributed by atoms with van der Waals surface area (Å²) in [7, 11) is 1.54. The van der Waals surface area contributed by atoms with Crippen LogP contribution in [0.2, 0.25) is 0 Å². The van der Waals surface area contributed by atoms with Gasteiger partial charge < -0.3 is 9.15 Å². The molecule has 0 unspecified atom stereocenters. The molecule has 3 aromatic rings. The Morgan fingerprint density at radius 3 is 2.86 bits per heavy atom. The summed E-state index contributed by atoms with van der Waals surface area (Å²) in [5, 5.41) is 4.97. The average Bonchev–Trinajstić information content (AvgIpc) is 2.98. The molecule has 2 aromatic carbocycles. The average molecular weight is 293 g/mol. The molecule has 0 aliphatic heterocycles. The monoisotopic (exact) mass is 293 g/mol. The van der Waals surface area contributed by atoms with Crippen LogP contribution in [0.25, 0.3) is 32.5 Å². The van der Waals surface area contributed by atoms with Crippen molar-refractivity contribution in [2.45, 2.75) is 0 Å². The van der Waals surface area contributed by atoms with Crippen molar-refractivity contribution >= 4 is 16.7 Å². The normalized spacial score (nSPS) is 10.2. The molecule has 0 saturated carbocycles. The summed E-state index contributed by atoms with van der Waals surface area (Å²) in [4.78, 5) is 14.3. The highest BCUT2D eigenvalue weighted by Crippen LogP contribution is 2.37. The second-order valence-corrected chi connectivity index (χ2v) is 4.56. The minimum absolute atomic E-state index is 0.272. The van der Waals surface area contributed by atoms with E-state index in [0.717, 1.165) is 10.8 Å². The van der Waals surface area contributed by atoms with E-state index in [0.29, 0.717) is 17.1 Å². The fraction of sp³-hybridized carbons (Fsp3) is 0.0625. The first-order valence-electron chi connectivity index (χ1n) is 6.48. The van der Waals surface area contributed by atoms with Crippen molar-refractivity contribution in [3.8, 4) is 17.1 Å². The Labute approximate surface area is 125 Å². The van der Waals surface area contributed by atoms with E-state index in [1.54, 1.807) is 31.6 Å². The smallest absolute Gasteiger partial charge is 0.249 e. The van der Waals surface area contributed by atoms with E-state index in [1.165, 1.54) is 0 Å². The van der Waals surface area contributed by atoms with Crippen LogP contribution in [0.4, 0.5) is 0 Å². The largest absolute Gasteiger partial charge is 0.496 e. The number of amides is 1. The van der Waals surface area contributed by atoms with Crippen molar-refractivity contribution in [3.63, 3.8) is 0 Å². The van der Waals surface area contributed by atoms with Crippen molar-refractivity contribution in [1.29, 1.82) is 0 Å². The van der Waals surface area contributed by atoms with Gasteiger partial charge in [-0.15, -0.1) is 0 Å². The van der Waals surface area contributed by atoms with Gasteiger partial charge in [-0.1, -0.05) is 24.3 Å². The van der Waals surface area contributed by atoms with Crippen LogP contribution in [-0.4, -0.2) is 13.0 Å². The lowest BCUT2D eigenvalue weighted by Gasteiger charge is -2.08. The van der Waals surface area contributed by atoms with E-state index in [1.807, 2.05) is 24.3 Å². The minimum atomic E-state index is -0.651. The highest BCUT2D eigenvalue weighted by Gasteiger charge is 2.16. The van der Waals surface area contributed by atoms with Crippen molar-refractivity contribution in [3.05, 3.63) is 64.7 Å². The minimum Gasteiger partial charge on any atom is -0.496 e. The first-order chi connectivity index (χ1) is 10.7. The second kappa shape index (κ2) is 5.63. The molecule has 1 aromatic heterocycles. The number of furan rings is 1. The number of hydrogen-bond donors (Lipinski definition) is 0. The standard InChI is InChI=1S/C16H11N3O3/c1-21-14-7-6-10(16(20)18-19-17)8-13(14)15-12-5-3-2-4-11(12)9-22-15/h2-9H,1H3. The zero-order valence-corrected chi connectivity index (χ0v) is 11.7. The lowest BCUT2D eigenvalue weighted by Crippen LogP contribution is -1.96. The zero-order valence-electron chi connectivity index (χ0n) is 11.7. The maximum absolute atomic E-state index is 11.7. The molecule has 0 N–H and O–H groups in total. The number of benzene rings is 2. The Hall–Kier alpha value is -3.24. The third-order valence-corrected chi connectivity index (χ3v) is 3.34. The highest BCUT2D eigenvalue weighted by molar-refractivity contribution is 5.99. The number of azide groups is 1. The Kier molecular flexibility index (Phi) is 3.52. The SMILES string of the molecule is COc1ccc(C(=O)N=[N+]=[N-])cc1-c1occ2ccccc12. The van der Waals surface area contributed by atoms with Gasteiger partial charge in [0.15, 0.2) is 0 Å². The van der Waals surface area contributed by atoms with Crippen LogP contribution in [0.15, 0.2) is 58.3 Å². The van der Waals surface area contributed by atoms with Gasteiger partial charge >= 0.3 is 0 Å². The topological polar surface area (TPSA) is 88.2 Å². The van der Waals surface area contributed by atoms with Crippen LogP contribution in [0.5, 0.6) is 5.75 Å². The van der Waals surface area contributed by atoms with Crippen molar-refractivity contribution in [1.82, 2.24) is 0 Å². The zero-order chi connectivity index (χ0) is 15.5. The molecule has 6 heteroatoms. The Balaban J connectivity index is 2.22. The summed E-state index contributed by atoms with van der Waals surface area (Å²) in [6, 6.07) is 12.5. The Morgan fingerprint density at radius 1 is 1.27 bits per heavy atom. The summed E-state index contributed by atoms with van der Waals surface area (Å²) in [6.07, 6.45) is 1.64. The van der Waals surface area contributed by atoms with Gasteiger partial charge in [-0.25, -0.2) is 0 Å². The molecule has 0 radical (unpaired) electrons. The van der Waals surface area contributed by atoms with Gasteiger partial charge in [0, 0.05) is 21.2 Å². The molecular formula is C16H11N3O3. The van der Waals surface area contributed by atoms with E-state index in [2.05, 4.69) is 10.0 Å². The molecule has 22 heavy (non-hydrogen) atoms. The first kappa shape index (κ1) is 13.7. The molecule has 0 aliphatic carbocycles. The third kappa shape index (κ3) is 2.28. The predicted molar refractivity (Wildman–Crippen MR) is 81.7 cm³/mol. The lowest BCUT2D eigenvalue weighted by molar-refractivity contribution is 0.100. The number of hydrogen-bond acceptors (Lipinski definition) is 3. The summed E-state index contributed by atoms with van der Waals surface area (Å²) in [5.41, 5.74) is 9.29. The molecule has 108 valence electrons. The van der Waals surface area contributed by atoms with E-state index < -0.39 is 5.91 Å². The quantitative estimate of drug-likeness (QED) is 0.403. The van der Waals surface area contributed by atoms with Gasteiger partial charge in [0.2, 0.25) is 5.91 Å². The van der Waals surface area contributed by atoms with Gasteiger partial charge in [-0.3, -0.25) is 4.79 Å². The van der Waals surface area contributed by atoms with E-state index in [9.17, 15) is 4.79 Å². The molecule has 0 bridgehead atoms. The molecule has 0 saturated heterocycles. The number of rotatable bonds is 3. The molecule has 0 spiro atoms. The second-order valence-electron chi connectivity index (χ2n) is 4.56. The summed E-state index contributed by atoms with van der Waals surface area (Å²) in [5.74, 6) is 0.517. The molecule has 1 amide bonds. The molecule has 3 rings (SSSR count). The van der Waals surface area contributed by atoms with Gasteiger partial charge in [-0.05, 0) is 28.8 Å². The van der Waals surface area contributed by atoms with Crippen LogP contribution >= 0.6 is 0 Å².